The smallest absolute Gasteiger partial charge is 0.206 e. The van der Waals surface area contributed by atoms with Crippen LogP contribution in [0.25, 0.3) is 0 Å². The van der Waals surface area contributed by atoms with Crippen molar-refractivity contribution in [2.45, 2.75) is 57.5 Å². The molecule has 1 atom stereocenters. The van der Waals surface area contributed by atoms with Crippen LogP contribution in [0.1, 0.15) is 51.2 Å². The van der Waals surface area contributed by atoms with E-state index in [4.69, 9.17) is 4.42 Å². The predicted octanol–water partition coefficient (Wildman–Crippen LogP) is 3.20. The lowest BCUT2D eigenvalue weighted by Gasteiger charge is -2.33. The minimum absolute atomic E-state index is 0.329. The van der Waals surface area contributed by atoms with Crippen LogP contribution in [0.3, 0.4) is 0 Å². The number of aryl methyl sites for hydroxylation is 1. The summed E-state index contributed by atoms with van der Waals surface area (Å²) in [7, 11) is -0.834. The van der Waals surface area contributed by atoms with Crippen molar-refractivity contribution in [3.8, 4) is 0 Å². The van der Waals surface area contributed by atoms with Crippen molar-refractivity contribution < 1.29 is 8.63 Å². The van der Waals surface area contributed by atoms with Crippen molar-refractivity contribution in [2.75, 3.05) is 0 Å². The Labute approximate surface area is 105 Å². The van der Waals surface area contributed by atoms with E-state index >= 15 is 0 Å². The maximum atomic E-state index is 12.2. The Morgan fingerprint density at radius 1 is 1.47 bits per heavy atom. The highest BCUT2D eigenvalue weighted by atomic mass is 32.2. The van der Waals surface area contributed by atoms with Gasteiger partial charge in [0, 0.05) is 16.0 Å². The van der Waals surface area contributed by atoms with Gasteiger partial charge in [-0.05, 0) is 38.0 Å². The Kier molecular flexibility index (Phi) is 3.71. The molecular weight excluding hydrogens is 234 g/mol. The first kappa shape index (κ1) is 12.8. The fraction of sp³-hybridized carbons (Fsp3) is 0.769. The Hall–Kier alpha value is -0.640. The number of hydrogen-bond acceptors (Lipinski definition) is 3. The second kappa shape index (κ2) is 4.92. The van der Waals surface area contributed by atoms with Gasteiger partial charge in [0.25, 0.3) is 0 Å². The van der Waals surface area contributed by atoms with Crippen molar-refractivity contribution in [1.29, 1.82) is 0 Å². The van der Waals surface area contributed by atoms with E-state index in [1.165, 1.54) is 12.8 Å². The van der Waals surface area contributed by atoms with Crippen LogP contribution in [0.4, 0.5) is 0 Å². The molecule has 1 aromatic rings. The molecule has 96 valence electrons. The quantitative estimate of drug-likeness (QED) is 0.833. The summed E-state index contributed by atoms with van der Waals surface area (Å²) in [5.41, 5.74) is 0.431. The zero-order valence-electron chi connectivity index (χ0n) is 10.9. The highest BCUT2D eigenvalue weighted by molar-refractivity contribution is 7.84. The lowest BCUT2D eigenvalue weighted by molar-refractivity contribution is 0.247. The highest BCUT2D eigenvalue weighted by Crippen LogP contribution is 2.37. The molecule has 17 heavy (non-hydrogen) atoms. The second-order valence-corrected chi connectivity index (χ2v) is 7.47. The van der Waals surface area contributed by atoms with E-state index in [1.54, 1.807) is 6.20 Å². The lowest BCUT2D eigenvalue weighted by Crippen LogP contribution is -2.28. The van der Waals surface area contributed by atoms with Crippen LogP contribution in [-0.4, -0.2) is 14.4 Å². The first-order valence-electron chi connectivity index (χ1n) is 6.25. The SMILES string of the molecule is Cc1cnc(C[S@](=O)C2CCC(C)(C)CC2)o1. The van der Waals surface area contributed by atoms with E-state index in [0.717, 1.165) is 18.6 Å². The molecule has 1 aliphatic rings. The topological polar surface area (TPSA) is 43.1 Å². The van der Waals surface area contributed by atoms with Crippen molar-refractivity contribution in [3.05, 3.63) is 17.8 Å². The average molecular weight is 255 g/mol. The van der Waals surface area contributed by atoms with Gasteiger partial charge in [-0.1, -0.05) is 13.8 Å². The number of nitrogens with zero attached hydrogens (tertiary/aromatic N) is 1. The fourth-order valence-corrected chi connectivity index (χ4v) is 3.72. The molecule has 1 aromatic heterocycles. The molecule has 3 nitrogen and oxygen atoms in total. The van der Waals surface area contributed by atoms with Gasteiger partial charge in [-0.3, -0.25) is 4.21 Å². The summed E-state index contributed by atoms with van der Waals surface area (Å²) in [5.74, 6) is 1.88. The molecule has 0 N–H and O–H groups in total. The van der Waals surface area contributed by atoms with Gasteiger partial charge in [0.05, 0.1) is 6.20 Å². The molecule has 0 spiro atoms. The summed E-state index contributed by atoms with van der Waals surface area (Å²) in [6, 6.07) is 0. The molecule has 0 unspecified atom stereocenters. The molecule has 0 saturated heterocycles. The van der Waals surface area contributed by atoms with Gasteiger partial charge >= 0.3 is 0 Å². The van der Waals surface area contributed by atoms with Crippen molar-refractivity contribution in [3.63, 3.8) is 0 Å². The average Bonchev–Trinajstić information content (AvgIpc) is 2.63. The highest BCUT2D eigenvalue weighted by Gasteiger charge is 2.30. The second-order valence-electron chi connectivity index (χ2n) is 5.75. The largest absolute Gasteiger partial charge is 0.445 e. The summed E-state index contributed by atoms with van der Waals surface area (Å²) >= 11 is 0. The first-order chi connectivity index (χ1) is 7.96. The van der Waals surface area contributed by atoms with Gasteiger partial charge in [-0.15, -0.1) is 0 Å². The summed E-state index contributed by atoms with van der Waals surface area (Å²) in [5, 5.41) is 0.329. The third kappa shape index (κ3) is 3.41. The molecule has 1 aliphatic carbocycles. The standard InChI is InChI=1S/C13H21NO2S/c1-10-8-14-12(16-10)9-17(15)11-4-6-13(2,3)7-5-11/h8,11H,4-7,9H2,1-3H3/t17-/m0/s1. The molecule has 0 aliphatic heterocycles. The van der Waals surface area contributed by atoms with E-state index in [0.29, 0.717) is 22.3 Å². The van der Waals surface area contributed by atoms with Gasteiger partial charge in [0.2, 0.25) is 5.89 Å². The van der Waals surface area contributed by atoms with Gasteiger partial charge < -0.3 is 4.42 Å². The summed E-state index contributed by atoms with van der Waals surface area (Å²) in [4.78, 5) is 4.12. The molecule has 1 saturated carbocycles. The number of aromatic nitrogens is 1. The fourth-order valence-electron chi connectivity index (χ4n) is 2.34. The molecule has 1 fully saturated rings. The molecule has 0 amide bonds. The van der Waals surface area contributed by atoms with Crippen LogP contribution in [0.5, 0.6) is 0 Å². The van der Waals surface area contributed by atoms with E-state index in [1.807, 2.05) is 6.92 Å². The van der Waals surface area contributed by atoms with Crippen molar-refractivity contribution >= 4 is 10.8 Å². The molecular formula is C13H21NO2S. The molecule has 2 rings (SSSR count). The normalized spacial score (nSPS) is 22.5. The zero-order valence-corrected chi connectivity index (χ0v) is 11.7. The molecule has 0 bridgehead atoms. The van der Waals surface area contributed by atoms with Crippen LogP contribution in [0.2, 0.25) is 0 Å². The molecule has 1 heterocycles. The van der Waals surface area contributed by atoms with E-state index in [-0.39, 0.29) is 0 Å². The maximum absolute atomic E-state index is 12.2. The van der Waals surface area contributed by atoms with E-state index in [2.05, 4.69) is 18.8 Å². The van der Waals surface area contributed by atoms with E-state index < -0.39 is 10.8 Å². The Balaban J connectivity index is 1.89. The van der Waals surface area contributed by atoms with Gasteiger partial charge in [-0.25, -0.2) is 4.98 Å². The van der Waals surface area contributed by atoms with Crippen molar-refractivity contribution in [2.24, 2.45) is 5.41 Å². The van der Waals surface area contributed by atoms with Crippen LogP contribution in [-0.2, 0) is 16.6 Å². The van der Waals surface area contributed by atoms with Crippen LogP contribution in [0, 0.1) is 12.3 Å². The van der Waals surface area contributed by atoms with Gasteiger partial charge in [-0.2, -0.15) is 0 Å². The number of rotatable bonds is 3. The third-order valence-corrected chi connectivity index (χ3v) is 5.34. The number of oxazole rings is 1. The van der Waals surface area contributed by atoms with E-state index in [9.17, 15) is 4.21 Å². The molecule has 0 radical (unpaired) electrons. The Bertz CT molecular complexity index is 401. The van der Waals surface area contributed by atoms with Crippen molar-refractivity contribution in [1.82, 2.24) is 4.98 Å². The predicted molar refractivity (Wildman–Crippen MR) is 69.1 cm³/mol. The van der Waals surface area contributed by atoms with Gasteiger partial charge in [0.1, 0.15) is 11.5 Å². The van der Waals surface area contributed by atoms with Crippen LogP contribution >= 0.6 is 0 Å². The minimum Gasteiger partial charge on any atom is -0.445 e. The van der Waals surface area contributed by atoms with Gasteiger partial charge in [0.15, 0.2) is 0 Å². The van der Waals surface area contributed by atoms with Crippen LogP contribution < -0.4 is 0 Å². The first-order valence-corrected chi connectivity index (χ1v) is 7.63. The summed E-state index contributed by atoms with van der Waals surface area (Å²) in [6.45, 7) is 6.45. The summed E-state index contributed by atoms with van der Waals surface area (Å²) in [6.07, 6.45) is 6.18. The monoisotopic (exact) mass is 255 g/mol. The third-order valence-electron chi connectivity index (χ3n) is 3.59. The molecule has 4 heteroatoms. The Morgan fingerprint density at radius 2 is 2.12 bits per heavy atom. The van der Waals surface area contributed by atoms with Crippen LogP contribution in [0.15, 0.2) is 10.6 Å². The summed E-state index contributed by atoms with van der Waals surface area (Å²) < 4.78 is 17.6. The lowest BCUT2D eigenvalue weighted by atomic mass is 9.77. The Morgan fingerprint density at radius 3 is 2.65 bits per heavy atom. The maximum Gasteiger partial charge on any atom is 0.206 e. The zero-order chi connectivity index (χ0) is 12.5. The number of hydrogen-bond donors (Lipinski definition) is 0. The molecule has 0 aromatic carbocycles. The minimum atomic E-state index is -0.834.